The molecule has 3 aliphatic heterocycles. The predicted octanol–water partition coefficient (Wildman–Crippen LogP) is 2.99. The lowest BCUT2D eigenvalue weighted by atomic mass is 10.0. The molecule has 1 aromatic rings. The molecule has 29 heavy (non-hydrogen) atoms. The van der Waals surface area contributed by atoms with E-state index in [1.807, 2.05) is 33.8 Å². The summed E-state index contributed by atoms with van der Waals surface area (Å²) in [6.07, 6.45) is -1.35. The Bertz CT molecular complexity index is 779. The Balaban J connectivity index is 1.52. The Labute approximate surface area is 177 Å². The van der Waals surface area contributed by atoms with E-state index in [1.54, 1.807) is 0 Å². The van der Waals surface area contributed by atoms with Crippen molar-refractivity contribution in [3.8, 4) is 0 Å². The van der Waals surface area contributed by atoms with E-state index in [9.17, 15) is 0 Å². The number of nitrogens with one attached hydrogen (secondary N) is 2. The molecule has 0 radical (unpaired) electrons. The van der Waals surface area contributed by atoms with Gasteiger partial charge in [0.1, 0.15) is 18.3 Å². The van der Waals surface area contributed by atoms with Crippen LogP contribution in [0, 0.1) is 13.8 Å². The van der Waals surface area contributed by atoms with Gasteiger partial charge in [-0.15, -0.1) is 0 Å². The SMILES string of the molecule is Cc1cccc(C)c1NC(=S)N[C@H]1[C@H]2OC(C)(C)O[C@H]2O[C@@H]1[C@H]1COC(C)(C)O1. The number of fused-ring (bicyclic) bond motifs is 1. The Morgan fingerprint density at radius 2 is 1.69 bits per heavy atom. The van der Waals surface area contributed by atoms with Gasteiger partial charge in [-0.3, -0.25) is 0 Å². The summed E-state index contributed by atoms with van der Waals surface area (Å²) in [5, 5.41) is 7.24. The molecular formula is C21H30N2O5S. The molecule has 8 heteroatoms. The maximum atomic E-state index is 6.21. The molecule has 1 aromatic carbocycles. The first-order valence-corrected chi connectivity index (χ1v) is 10.4. The molecule has 0 spiro atoms. The molecule has 3 heterocycles. The molecule has 0 amide bonds. The third kappa shape index (κ3) is 4.28. The summed E-state index contributed by atoms with van der Waals surface area (Å²) in [5.74, 6) is -1.36. The predicted molar refractivity (Wildman–Crippen MR) is 113 cm³/mol. The fraction of sp³-hybridized carbons (Fsp3) is 0.667. The van der Waals surface area contributed by atoms with Gasteiger partial charge in [-0.1, -0.05) is 18.2 Å². The van der Waals surface area contributed by atoms with Gasteiger partial charge in [0, 0.05) is 5.69 Å². The van der Waals surface area contributed by atoms with E-state index in [4.69, 9.17) is 35.9 Å². The number of hydrogen-bond donors (Lipinski definition) is 2. The second-order valence-electron chi connectivity index (χ2n) is 8.83. The van der Waals surface area contributed by atoms with Gasteiger partial charge in [-0.2, -0.15) is 0 Å². The molecule has 2 N–H and O–H groups in total. The second kappa shape index (κ2) is 7.44. The van der Waals surface area contributed by atoms with E-state index < -0.39 is 17.9 Å². The number of para-hydroxylation sites is 1. The van der Waals surface area contributed by atoms with Crippen LogP contribution in [-0.4, -0.2) is 53.9 Å². The van der Waals surface area contributed by atoms with Crippen molar-refractivity contribution in [1.29, 1.82) is 0 Å². The van der Waals surface area contributed by atoms with Crippen molar-refractivity contribution in [1.82, 2.24) is 5.32 Å². The lowest BCUT2D eigenvalue weighted by molar-refractivity contribution is -0.223. The molecule has 5 atom stereocenters. The molecule has 7 nitrogen and oxygen atoms in total. The smallest absolute Gasteiger partial charge is 0.189 e. The topological polar surface area (TPSA) is 70.2 Å². The van der Waals surface area contributed by atoms with Crippen LogP contribution in [0.25, 0.3) is 0 Å². The summed E-state index contributed by atoms with van der Waals surface area (Å²) in [6.45, 7) is 12.1. The number of ether oxygens (including phenoxy) is 5. The van der Waals surface area contributed by atoms with Gasteiger partial charge in [0.2, 0.25) is 0 Å². The standard InChI is InChI=1S/C21H30N2O5S/c1-11-8-7-9-12(2)14(11)22-19(29)23-15-16(13-10-24-20(3,4)26-13)25-18-17(15)27-21(5,6)28-18/h7-9,13,15-18H,10H2,1-6H3,(H2,22,23,29)/t13-,15-,16-,17-,18-/m1/s1. The van der Waals surface area contributed by atoms with Gasteiger partial charge in [0.15, 0.2) is 23.0 Å². The first-order valence-electron chi connectivity index (χ1n) is 10.0. The van der Waals surface area contributed by atoms with E-state index in [0.717, 1.165) is 16.8 Å². The highest BCUT2D eigenvalue weighted by atomic mass is 32.1. The van der Waals surface area contributed by atoms with Crippen LogP contribution in [-0.2, 0) is 23.7 Å². The van der Waals surface area contributed by atoms with Crippen LogP contribution in [0.4, 0.5) is 5.69 Å². The van der Waals surface area contributed by atoms with Crippen molar-refractivity contribution in [2.45, 2.75) is 83.8 Å². The van der Waals surface area contributed by atoms with Crippen molar-refractivity contribution in [2.75, 3.05) is 11.9 Å². The maximum Gasteiger partial charge on any atom is 0.189 e. The van der Waals surface area contributed by atoms with E-state index in [1.165, 1.54) is 0 Å². The van der Waals surface area contributed by atoms with Crippen molar-refractivity contribution in [3.63, 3.8) is 0 Å². The highest BCUT2D eigenvalue weighted by Gasteiger charge is 2.58. The van der Waals surface area contributed by atoms with E-state index >= 15 is 0 Å². The van der Waals surface area contributed by atoms with Crippen molar-refractivity contribution in [2.24, 2.45) is 0 Å². The fourth-order valence-electron chi connectivity index (χ4n) is 4.21. The van der Waals surface area contributed by atoms with Gasteiger partial charge in [-0.05, 0) is 64.9 Å². The summed E-state index contributed by atoms with van der Waals surface area (Å²) in [7, 11) is 0. The number of aryl methyl sites for hydroxylation is 2. The fourth-order valence-corrected chi connectivity index (χ4v) is 4.44. The first kappa shape index (κ1) is 21.0. The molecule has 0 bridgehead atoms. The average Bonchev–Trinajstić information content (AvgIpc) is 3.21. The number of hydrogen-bond acceptors (Lipinski definition) is 6. The molecular weight excluding hydrogens is 392 g/mol. The van der Waals surface area contributed by atoms with E-state index in [0.29, 0.717) is 11.7 Å². The van der Waals surface area contributed by atoms with Crippen molar-refractivity contribution < 1.29 is 23.7 Å². The zero-order chi connectivity index (χ0) is 21.0. The molecule has 160 valence electrons. The molecule has 3 saturated heterocycles. The van der Waals surface area contributed by atoms with Crippen LogP contribution in [0.1, 0.15) is 38.8 Å². The largest absolute Gasteiger partial charge is 0.354 e. The van der Waals surface area contributed by atoms with Crippen molar-refractivity contribution in [3.05, 3.63) is 29.3 Å². The zero-order valence-electron chi connectivity index (χ0n) is 17.8. The van der Waals surface area contributed by atoms with Crippen LogP contribution in [0.5, 0.6) is 0 Å². The lowest BCUT2D eigenvalue weighted by Gasteiger charge is -2.30. The number of thiocarbonyl (C=S) groups is 1. The molecule has 0 unspecified atom stereocenters. The third-order valence-electron chi connectivity index (χ3n) is 5.50. The summed E-state index contributed by atoms with van der Waals surface area (Å²) in [4.78, 5) is 0. The lowest BCUT2D eigenvalue weighted by Crippen LogP contribution is -2.53. The average molecular weight is 423 g/mol. The number of benzene rings is 1. The zero-order valence-corrected chi connectivity index (χ0v) is 18.6. The summed E-state index contributed by atoms with van der Waals surface area (Å²) >= 11 is 5.64. The van der Waals surface area contributed by atoms with Crippen molar-refractivity contribution >= 4 is 23.0 Å². The minimum absolute atomic E-state index is 0.242. The number of anilines is 1. The number of rotatable bonds is 3. The molecule has 0 aliphatic carbocycles. The molecule has 4 rings (SSSR count). The van der Waals surface area contributed by atoms with E-state index in [2.05, 4.69) is 36.6 Å². The minimum Gasteiger partial charge on any atom is -0.354 e. The maximum absolute atomic E-state index is 6.21. The normalized spacial score (nSPS) is 34.8. The summed E-state index contributed by atoms with van der Waals surface area (Å²) in [6, 6.07) is 5.89. The minimum atomic E-state index is -0.714. The summed E-state index contributed by atoms with van der Waals surface area (Å²) in [5.41, 5.74) is 3.26. The van der Waals surface area contributed by atoms with E-state index in [-0.39, 0.29) is 24.4 Å². The van der Waals surface area contributed by atoms with Crippen LogP contribution in [0.15, 0.2) is 18.2 Å². The first-order chi connectivity index (χ1) is 13.5. The van der Waals surface area contributed by atoms with Crippen LogP contribution < -0.4 is 10.6 Å². The van der Waals surface area contributed by atoms with Crippen LogP contribution >= 0.6 is 12.2 Å². The van der Waals surface area contributed by atoms with Gasteiger partial charge in [-0.25, -0.2) is 0 Å². The van der Waals surface area contributed by atoms with Gasteiger partial charge >= 0.3 is 0 Å². The quantitative estimate of drug-likeness (QED) is 0.721. The molecule has 0 saturated carbocycles. The molecule has 3 fully saturated rings. The molecule has 0 aromatic heterocycles. The Kier molecular flexibility index (Phi) is 5.38. The Hall–Kier alpha value is -1.29. The molecule has 3 aliphatic rings. The third-order valence-corrected chi connectivity index (χ3v) is 5.72. The highest BCUT2D eigenvalue weighted by molar-refractivity contribution is 7.80. The van der Waals surface area contributed by atoms with Gasteiger partial charge in [0.25, 0.3) is 0 Å². The monoisotopic (exact) mass is 422 g/mol. The van der Waals surface area contributed by atoms with Crippen LogP contribution in [0.3, 0.4) is 0 Å². The van der Waals surface area contributed by atoms with Crippen LogP contribution in [0.2, 0.25) is 0 Å². The highest BCUT2D eigenvalue weighted by Crippen LogP contribution is 2.40. The Morgan fingerprint density at radius 1 is 1.00 bits per heavy atom. The van der Waals surface area contributed by atoms with Gasteiger partial charge in [0.05, 0.1) is 12.6 Å². The van der Waals surface area contributed by atoms with Gasteiger partial charge < -0.3 is 34.3 Å². The second-order valence-corrected chi connectivity index (χ2v) is 9.24. The summed E-state index contributed by atoms with van der Waals surface area (Å²) < 4.78 is 30.1. The Morgan fingerprint density at radius 3 is 2.31 bits per heavy atom.